The first-order chi connectivity index (χ1) is 6.68. The molecule has 0 aliphatic rings. The van der Waals surface area contributed by atoms with E-state index in [9.17, 15) is 13.2 Å². The molecule has 4 heteroatoms. The SMILES string of the molecule is C[C](C)(C)[Sn][c]1cccc(C(F)(F)F)c1. The average molecular weight is 321 g/mol. The molecule has 0 heterocycles. The number of benzene rings is 1. The first-order valence-electron chi connectivity index (χ1n) is 4.64. The number of halogens is 3. The molecule has 0 aliphatic carbocycles. The van der Waals surface area contributed by atoms with Gasteiger partial charge in [0, 0.05) is 0 Å². The maximum absolute atomic E-state index is 12.4. The van der Waals surface area contributed by atoms with Crippen LogP contribution in [0.25, 0.3) is 0 Å². The molecule has 0 amide bonds. The van der Waals surface area contributed by atoms with Crippen LogP contribution in [-0.4, -0.2) is 21.1 Å². The van der Waals surface area contributed by atoms with E-state index >= 15 is 0 Å². The zero-order valence-electron chi connectivity index (χ0n) is 8.94. The molecule has 1 rings (SSSR count). The molecule has 0 nitrogen and oxygen atoms in total. The molecule has 0 saturated carbocycles. The van der Waals surface area contributed by atoms with Gasteiger partial charge in [-0.3, -0.25) is 0 Å². The Morgan fingerprint density at radius 1 is 1.07 bits per heavy atom. The van der Waals surface area contributed by atoms with Crippen molar-refractivity contribution in [3.05, 3.63) is 29.8 Å². The second-order valence-electron chi connectivity index (χ2n) is 4.45. The van der Waals surface area contributed by atoms with Crippen LogP contribution in [0.5, 0.6) is 0 Å². The van der Waals surface area contributed by atoms with Gasteiger partial charge in [-0.15, -0.1) is 0 Å². The molecule has 15 heavy (non-hydrogen) atoms. The standard InChI is InChI=1S/C7H4F3.C4H9.Sn/c8-7(9,10)6-4-2-1-3-5-6;1-4(2)3;/h1-2,4-5H;1-3H3;. The fraction of sp³-hybridized carbons (Fsp3) is 0.455. The van der Waals surface area contributed by atoms with Crippen LogP contribution in [0, 0.1) is 0 Å². The fourth-order valence-electron chi connectivity index (χ4n) is 1.21. The molecule has 0 atom stereocenters. The molecule has 0 spiro atoms. The van der Waals surface area contributed by atoms with Gasteiger partial charge in [-0.2, -0.15) is 0 Å². The van der Waals surface area contributed by atoms with E-state index in [1.54, 1.807) is 0 Å². The minimum atomic E-state index is -4.21. The van der Waals surface area contributed by atoms with Crippen LogP contribution in [-0.2, 0) is 6.18 Å². The molecule has 2 radical (unpaired) electrons. The Bertz CT molecular complexity index is 336. The Balaban J connectivity index is 2.94. The Labute approximate surface area is 98.1 Å². The van der Waals surface area contributed by atoms with Crippen molar-refractivity contribution in [3.63, 3.8) is 0 Å². The molecule has 0 aliphatic heterocycles. The molecule has 1 aromatic rings. The van der Waals surface area contributed by atoms with Gasteiger partial charge in [0.15, 0.2) is 0 Å². The fourth-order valence-corrected chi connectivity index (χ4v) is 4.84. The maximum atomic E-state index is 12.4. The van der Waals surface area contributed by atoms with Gasteiger partial charge in [-0.25, -0.2) is 0 Å². The molecular weight excluding hydrogens is 308 g/mol. The summed E-state index contributed by atoms with van der Waals surface area (Å²) in [6.07, 6.45) is -4.21. The van der Waals surface area contributed by atoms with Crippen LogP contribution < -0.4 is 3.58 Å². The van der Waals surface area contributed by atoms with Crippen molar-refractivity contribution < 1.29 is 13.2 Å². The summed E-state index contributed by atoms with van der Waals surface area (Å²) in [6.45, 7) is 6.25. The molecule has 82 valence electrons. The first kappa shape index (κ1) is 12.9. The molecular formula is C11H13F3Sn. The summed E-state index contributed by atoms with van der Waals surface area (Å²) in [5.41, 5.74) is -0.523. The van der Waals surface area contributed by atoms with E-state index in [4.69, 9.17) is 0 Å². The number of hydrogen-bond acceptors (Lipinski definition) is 0. The third-order valence-corrected chi connectivity index (χ3v) is 5.56. The van der Waals surface area contributed by atoms with Gasteiger partial charge in [-0.05, 0) is 0 Å². The molecule has 0 aromatic heterocycles. The molecule has 0 N–H and O–H groups in total. The molecule has 1 aromatic carbocycles. The average Bonchev–Trinajstić information content (AvgIpc) is 1.99. The Kier molecular flexibility index (Phi) is 3.74. The van der Waals surface area contributed by atoms with Gasteiger partial charge in [0.05, 0.1) is 0 Å². The monoisotopic (exact) mass is 322 g/mol. The van der Waals surface area contributed by atoms with E-state index in [0.717, 1.165) is 9.65 Å². The van der Waals surface area contributed by atoms with Crippen molar-refractivity contribution in [1.29, 1.82) is 0 Å². The van der Waals surface area contributed by atoms with Crippen molar-refractivity contribution in [2.24, 2.45) is 0 Å². The predicted molar refractivity (Wildman–Crippen MR) is 56.5 cm³/mol. The van der Waals surface area contributed by atoms with Crippen LogP contribution in [0.2, 0.25) is 3.43 Å². The number of alkyl halides is 3. The normalized spacial score (nSPS) is 12.9. The summed E-state index contributed by atoms with van der Waals surface area (Å²) < 4.78 is 38.3. The van der Waals surface area contributed by atoms with E-state index in [-0.39, 0.29) is 3.43 Å². The van der Waals surface area contributed by atoms with E-state index in [0.29, 0.717) is 0 Å². The summed E-state index contributed by atoms with van der Waals surface area (Å²) in [7, 11) is 0. The van der Waals surface area contributed by atoms with Crippen molar-refractivity contribution in [1.82, 2.24) is 0 Å². The Morgan fingerprint density at radius 3 is 2.13 bits per heavy atom. The third kappa shape index (κ3) is 4.45. The predicted octanol–water partition coefficient (Wildman–Crippen LogP) is 3.25. The van der Waals surface area contributed by atoms with Crippen LogP contribution in [0.15, 0.2) is 24.3 Å². The summed E-state index contributed by atoms with van der Waals surface area (Å²) in [5.74, 6) is 0. The number of hydrogen-bond donors (Lipinski definition) is 0. The molecule has 0 bridgehead atoms. The van der Waals surface area contributed by atoms with E-state index in [1.807, 2.05) is 6.07 Å². The van der Waals surface area contributed by atoms with Crippen molar-refractivity contribution >= 4 is 24.7 Å². The summed E-state index contributed by atoms with van der Waals surface area (Å²) in [4.78, 5) is 0. The second kappa shape index (κ2) is 4.35. The van der Waals surface area contributed by atoms with Gasteiger partial charge >= 0.3 is 98.1 Å². The molecule has 0 fully saturated rings. The van der Waals surface area contributed by atoms with Crippen LogP contribution in [0.4, 0.5) is 13.2 Å². The van der Waals surface area contributed by atoms with Crippen molar-refractivity contribution in [2.75, 3.05) is 0 Å². The van der Waals surface area contributed by atoms with Crippen molar-refractivity contribution in [3.8, 4) is 0 Å². The summed E-state index contributed by atoms with van der Waals surface area (Å²) in [6, 6.07) is 5.75. The summed E-state index contributed by atoms with van der Waals surface area (Å²) in [5, 5.41) is 0. The van der Waals surface area contributed by atoms with Gasteiger partial charge in [0.1, 0.15) is 0 Å². The summed E-state index contributed by atoms with van der Waals surface area (Å²) >= 11 is -0.944. The Morgan fingerprint density at radius 2 is 1.67 bits per heavy atom. The number of rotatable bonds is 1. The van der Waals surface area contributed by atoms with Gasteiger partial charge in [0.25, 0.3) is 0 Å². The topological polar surface area (TPSA) is 0 Å². The Hall–Kier alpha value is -0.191. The quantitative estimate of drug-likeness (QED) is 0.697. The third-order valence-electron chi connectivity index (χ3n) is 1.71. The molecule has 0 unspecified atom stereocenters. The van der Waals surface area contributed by atoms with Crippen LogP contribution in [0.3, 0.4) is 0 Å². The van der Waals surface area contributed by atoms with Gasteiger partial charge in [-0.1, -0.05) is 0 Å². The van der Waals surface area contributed by atoms with Gasteiger partial charge in [0.2, 0.25) is 0 Å². The van der Waals surface area contributed by atoms with Crippen molar-refractivity contribution in [2.45, 2.75) is 30.4 Å². The van der Waals surface area contributed by atoms with E-state index in [1.165, 1.54) is 12.1 Å². The van der Waals surface area contributed by atoms with Crippen LogP contribution in [0.1, 0.15) is 26.3 Å². The van der Waals surface area contributed by atoms with E-state index < -0.39 is 32.9 Å². The zero-order valence-corrected chi connectivity index (χ0v) is 11.8. The zero-order chi connectivity index (χ0) is 11.7. The molecule has 0 saturated heterocycles. The minimum absolute atomic E-state index is 0.174. The van der Waals surface area contributed by atoms with Crippen LogP contribution >= 0.6 is 0 Å². The first-order valence-corrected chi connectivity index (χ1v) is 7.49. The second-order valence-corrected chi connectivity index (χ2v) is 11.1. The van der Waals surface area contributed by atoms with Gasteiger partial charge < -0.3 is 0 Å². The van der Waals surface area contributed by atoms with E-state index in [2.05, 4.69) is 20.8 Å².